The summed E-state index contributed by atoms with van der Waals surface area (Å²) >= 11 is 0. The van der Waals surface area contributed by atoms with Crippen molar-refractivity contribution in [2.24, 2.45) is 0 Å². The molecule has 0 saturated carbocycles. The van der Waals surface area contributed by atoms with Crippen molar-refractivity contribution < 1.29 is 24.1 Å². The second-order valence-electron chi connectivity index (χ2n) is 8.62. The molecule has 0 aliphatic carbocycles. The zero-order valence-electron chi connectivity index (χ0n) is 21.4. The number of nitrogens with zero attached hydrogens (tertiary/aromatic N) is 5. The molecule has 0 aliphatic rings. The van der Waals surface area contributed by atoms with Crippen LogP contribution in [-0.4, -0.2) is 56.5 Å². The summed E-state index contributed by atoms with van der Waals surface area (Å²) in [4.78, 5) is 10.7. The number of pyridine rings is 2. The third-order valence-corrected chi connectivity index (χ3v) is 5.92. The molecule has 0 amide bonds. The summed E-state index contributed by atoms with van der Waals surface area (Å²) in [5.74, 6) is 0.637. The van der Waals surface area contributed by atoms with E-state index < -0.39 is 5.88 Å². The van der Waals surface area contributed by atoms with Crippen molar-refractivity contribution >= 4 is 0 Å². The molecule has 3 aromatic heterocycles. The van der Waals surface area contributed by atoms with Gasteiger partial charge >= 0.3 is 0 Å². The van der Waals surface area contributed by atoms with Crippen LogP contribution in [0.25, 0.3) is 22.6 Å². The summed E-state index contributed by atoms with van der Waals surface area (Å²) in [6.07, 6.45) is 3.99. The Balaban J connectivity index is 1.75. The molecule has 4 aromatic rings. The number of aryl methyl sites for hydroxylation is 1. The van der Waals surface area contributed by atoms with Gasteiger partial charge in [0.1, 0.15) is 22.8 Å². The average Bonchev–Trinajstić information content (AvgIpc) is 3.35. The first-order chi connectivity index (χ1) is 18.0. The lowest BCUT2D eigenvalue weighted by Gasteiger charge is -2.18. The minimum atomic E-state index is -0.391. The van der Waals surface area contributed by atoms with Gasteiger partial charge in [-0.05, 0) is 44.2 Å². The van der Waals surface area contributed by atoms with Crippen molar-refractivity contribution in [3.05, 3.63) is 59.9 Å². The van der Waals surface area contributed by atoms with E-state index in [-0.39, 0.29) is 17.2 Å². The van der Waals surface area contributed by atoms with Crippen LogP contribution in [0, 0.1) is 0 Å². The molecule has 0 aliphatic heterocycles. The highest BCUT2D eigenvalue weighted by Gasteiger charge is 2.28. The Morgan fingerprint density at radius 3 is 2.32 bits per heavy atom. The highest BCUT2D eigenvalue weighted by Crippen LogP contribution is 2.49. The number of ether oxygens (including phenoxy) is 2. The Morgan fingerprint density at radius 2 is 1.68 bits per heavy atom. The van der Waals surface area contributed by atoms with Crippen molar-refractivity contribution in [3.8, 4) is 45.7 Å². The molecular formula is C27H31N5O5. The van der Waals surface area contributed by atoms with Gasteiger partial charge in [0.2, 0.25) is 11.8 Å². The van der Waals surface area contributed by atoms with Crippen LogP contribution < -0.4 is 9.47 Å². The van der Waals surface area contributed by atoms with Crippen LogP contribution in [-0.2, 0) is 19.5 Å². The van der Waals surface area contributed by atoms with E-state index in [1.165, 1.54) is 0 Å². The predicted octanol–water partition coefficient (Wildman–Crippen LogP) is 4.60. The molecule has 0 spiro atoms. The molecule has 0 radical (unpaired) electrons. The molecule has 2 N–H and O–H groups in total. The maximum atomic E-state index is 11.5. The van der Waals surface area contributed by atoms with Crippen LogP contribution in [0.2, 0.25) is 0 Å². The zero-order chi connectivity index (χ0) is 26.4. The van der Waals surface area contributed by atoms with Crippen LogP contribution in [0.15, 0.2) is 47.0 Å². The number of methoxy groups -OCH3 is 2. The molecule has 10 heteroatoms. The van der Waals surface area contributed by atoms with Crippen molar-refractivity contribution in [1.82, 2.24) is 25.1 Å². The molecule has 37 heavy (non-hydrogen) atoms. The number of hydrogen-bond donors (Lipinski definition) is 2. The van der Waals surface area contributed by atoms with Gasteiger partial charge in [-0.1, -0.05) is 25.5 Å². The Hall–Kier alpha value is -4.18. The van der Waals surface area contributed by atoms with E-state index in [0.717, 1.165) is 18.5 Å². The van der Waals surface area contributed by atoms with Crippen LogP contribution in [0.4, 0.5) is 0 Å². The fourth-order valence-corrected chi connectivity index (χ4v) is 4.16. The van der Waals surface area contributed by atoms with Crippen molar-refractivity contribution in [2.75, 3.05) is 21.3 Å². The molecule has 0 fully saturated rings. The monoisotopic (exact) mass is 505 g/mol. The van der Waals surface area contributed by atoms with Gasteiger partial charge in [-0.3, -0.25) is 9.88 Å². The molecule has 4 rings (SSSR count). The lowest BCUT2D eigenvalue weighted by atomic mass is 9.95. The minimum absolute atomic E-state index is 0.0408. The summed E-state index contributed by atoms with van der Waals surface area (Å²) in [7, 11) is 4.99. The molecule has 0 saturated heterocycles. The number of aromatic nitrogens is 4. The Bertz CT molecular complexity index is 1320. The smallest absolute Gasteiger partial charge is 0.257 e. The van der Waals surface area contributed by atoms with Crippen LogP contribution in [0.3, 0.4) is 0 Å². The molecule has 0 atom stereocenters. The van der Waals surface area contributed by atoms with Gasteiger partial charge in [-0.25, -0.2) is 4.98 Å². The summed E-state index contributed by atoms with van der Waals surface area (Å²) < 4.78 is 17.0. The number of benzene rings is 1. The van der Waals surface area contributed by atoms with Crippen LogP contribution >= 0.6 is 0 Å². The fourth-order valence-electron chi connectivity index (χ4n) is 4.16. The first kappa shape index (κ1) is 25.9. The third kappa shape index (κ3) is 5.64. The van der Waals surface area contributed by atoms with Gasteiger partial charge < -0.3 is 24.1 Å². The maximum absolute atomic E-state index is 11.5. The highest BCUT2D eigenvalue weighted by atomic mass is 16.5. The maximum Gasteiger partial charge on any atom is 0.257 e. The normalized spacial score (nSPS) is 11.2. The fraction of sp³-hybridized carbons (Fsp3) is 0.333. The number of aromatic hydroxyl groups is 2. The number of hydrogen-bond acceptors (Lipinski definition) is 10. The first-order valence-corrected chi connectivity index (χ1v) is 12.0. The van der Waals surface area contributed by atoms with Gasteiger partial charge in [0, 0.05) is 12.7 Å². The van der Waals surface area contributed by atoms with Gasteiger partial charge in [-0.15, -0.1) is 10.2 Å². The predicted molar refractivity (Wildman–Crippen MR) is 137 cm³/mol. The standard InChI is InChI=1S/C27H31N5O5/c1-5-6-11-18-22(23-19(35-3)12-9-13-20(23)36-4)25(33)24(26(34)29-18)27-31-30-21(37-27)16-32(2)15-17-10-7-8-14-28-17/h7-10,12-14H,5-6,11,15-16H2,1-4H3,(H2,29,33,34). The minimum Gasteiger partial charge on any atom is -0.506 e. The largest absolute Gasteiger partial charge is 0.506 e. The van der Waals surface area contributed by atoms with Crippen LogP contribution in [0.5, 0.6) is 23.1 Å². The molecule has 10 nitrogen and oxygen atoms in total. The third-order valence-electron chi connectivity index (χ3n) is 5.92. The Morgan fingerprint density at radius 1 is 0.919 bits per heavy atom. The van der Waals surface area contributed by atoms with E-state index >= 15 is 0 Å². The lowest BCUT2D eigenvalue weighted by molar-refractivity contribution is 0.279. The van der Waals surface area contributed by atoms with Gasteiger partial charge in [0.15, 0.2) is 0 Å². The van der Waals surface area contributed by atoms with Crippen LogP contribution in [0.1, 0.15) is 37.0 Å². The van der Waals surface area contributed by atoms with E-state index in [0.29, 0.717) is 53.7 Å². The quantitative estimate of drug-likeness (QED) is 0.299. The second-order valence-corrected chi connectivity index (χ2v) is 8.62. The molecular weight excluding hydrogens is 474 g/mol. The average molecular weight is 506 g/mol. The van der Waals surface area contributed by atoms with Gasteiger partial charge in [0.05, 0.1) is 43.3 Å². The first-order valence-electron chi connectivity index (χ1n) is 12.0. The zero-order valence-corrected chi connectivity index (χ0v) is 21.4. The molecule has 1 aromatic carbocycles. The second kappa shape index (κ2) is 11.7. The molecule has 0 bridgehead atoms. The van der Waals surface area contributed by atoms with E-state index in [1.54, 1.807) is 38.6 Å². The van der Waals surface area contributed by atoms with Gasteiger partial charge in [0.25, 0.3) is 5.89 Å². The Labute approximate surface area is 215 Å². The number of rotatable bonds is 11. The van der Waals surface area contributed by atoms with Crippen molar-refractivity contribution in [1.29, 1.82) is 0 Å². The highest BCUT2D eigenvalue weighted by molar-refractivity contribution is 5.88. The molecule has 3 heterocycles. The Kier molecular flexibility index (Phi) is 8.19. The summed E-state index contributed by atoms with van der Waals surface area (Å²) in [6, 6.07) is 11.1. The molecule has 194 valence electrons. The summed E-state index contributed by atoms with van der Waals surface area (Å²) in [5, 5.41) is 30.6. The van der Waals surface area contributed by atoms with E-state index in [9.17, 15) is 10.2 Å². The number of unbranched alkanes of at least 4 members (excludes halogenated alkanes) is 1. The van der Waals surface area contributed by atoms with E-state index in [1.807, 2.05) is 30.1 Å². The summed E-state index contributed by atoms with van der Waals surface area (Å²) in [5.41, 5.74) is 2.29. The topological polar surface area (TPSA) is 127 Å². The molecule has 0 unspecified atom stereocenters. The van der Waals surface area contributed by atoms with Crippen molar-refractivity contribution in [2.45, 2.75) is 39.3 Å². The van der Waals surface area contributed by atoms with Crippen molar-refractivity contribution in [3.63, 3.8) is 0 Å². The van der Waals surface area contributed by atoms with E-state index in [2.05, 4.69) is 27.1 Å². The van der Waals surface area contributed by atoms with Gasteiger partial charge in [-0.2, -0.15) is 0 Å². The lowest BCUT2D eigenvalue weighted by Crippen LogP contribution is -2.18. The summed E-state index contributed by atoms with van der Waals surface area (Å²) in [6.45, 7) is 2.99. The van der Waals surface area contributed by atoms with E-state index in [4.69, 9.17) is 13.9 Å². The SMILES string of the molecule is CCCCc1nc(O)c(-c2nnc(CN(C)Cc3ccccn3)o2)c(O)c1-c1c(OC)cccc1OC.